The Bertz CT molecular complexity index is 1290. The molecule has 5 nitrogen and oxygen atoms in total. The largest absolute Gasteiger partial charge is 0.378 e. The second kappa shape index (κ2) is 14.0. The van der Waals surface area contributed by atoms with Crippen LogP contribution < -0.4 is 14.7 Å². The Morgan fingerprint density at radius 1 is 0.513 bits per heavy atom. The average molecular weight is 522 g/mol. The molecule has 0 unspecified atom stereocenters. The van der Waals surface area contributed by atoms with E-state index in [0.717, 1.165) is 41.3 Å². The normalized spacial score (nSPS) is 10.2. The molecule has 0 aliphatic carbocycles. The Hall–Kier alpha value is -4.38. The summed E-state index contributed by atoms with van der Waals surface area (Å²) in [6.07, 6.45) is 0. The van der Waals surface area contributed by atoms with E-state index in [4.69, 9.17) is 0 Å². The van der Waals surface area contributed by atoms with Crippen LogP contribution in [0.4, 0.5) is 17.1 Å². The molecule has 0 N–H and O–H groups in total. The molecule has 0 atom stereocenters. The monoisotopic (exact) mass is 521 g/mol. The highest BCUT2D eigenvalue weighted by molar-refractivity contribution is 6.12. The molecule has 4 aromatic carbocycles. The van der Waals surface area contributed by atoms with Gasteiger partial charge in [-0.05, 0) is 74.5 Å². The van der Waals surface area contributed by atoms with Gasteiger partial charge in [-0.2, -0.15) is 0 Å². The lowest BCUT2D eigenvalue weighted by Gasteiger charge is -2.23. The summed E-state index contributed by atoms with van der Waals surface area (Å²) in [6, 6.07) is 32.6. The van der Waals surface area contributed by atoms with Crippen LogP contribution in [0.5, 0.6) is 0 Å². The summed E-state index contributed by atoms with van der Waals surface area (Å²) < 4.78 is 0. The quantitative estimate of drug-likeness (QED) is 0.226. The number of ketones is 2. The molecule has 0 aliphatic rings. The topological polar surface area (TPSA) is 43.9 Å². The second-order valence-corrected chi connectivity index (χ2v) is 9.60. The van der Waals surface area contributed by atoms with E-state index in [1.807, 2.05) is 141 Å². The van der Waals surface area contributed by atoms with Crippen molar-refractivity contribution in [3.05, 3.63) is 125 Å². The fourth-order valence-corrected chi connectivity index (χ4v) is 4.24. The minimum atomic E-state index is 0.0561. The standard InChI is InChI=1S/C17H20N2O.C17H19NO/c1-18(2)15-9-5-13(6-10-15)17(20)14-7-11-16(12-8-14)19(3)4;1-3-18(4-2)16-13-9-8-12-15(16)17(19)14-10-6-5-7-11-14/h5-12H,1-4H3;5-13H,3-4H2,1-2H3. The van der Waals surface area contributed by atoms with Gasteiger partial charge in [-0.3, -0.25) is 9.59 Å². The molecule has 0 saturated heterocycles. The van der Waals surface area contributed by atoms with Crippen molar-refractivity contribution in [3.8, 4) is 0 Å². The molecule has 39 heavy (non-hydrogen) atoms. The maximum atomic E-state index is 12.6. The van der Waals surface area contributed by atoms with Crippen molar-refractivity contribution < 1.29 is 9.59 Å². The first-order valence-electron chi connectivity index (χ1n) is 13.3. The zero-order valence-electron chi connectivity index (χ0n) is 23.9. The molecular formula is C34H39N3O2. The summed E-state index contributed by atoms with van der Waals surface area (Å²) >= 11 is 0. The van der Waals surface area contributed by atoms with Gasteiger partial charge < -0.3 is 14.7 Å². The van der Waals surface area contributed by atoms with Crippen molar-refractivity contribution in [2.75, 3.05) is 56.0 Å². The van der Waals surface area contributed by atoms with Crippen LogP contribution in [0.25, 0.3) is 0 Å². The van der Waals surface area contributed by atoms with E-state index < -0.39 is 0 Å². The Balaban J connectivity index is 0.000000216. The molecule has 4 rings (SSSR count). The van der Waals surface area contributed by atoms with Crippen molar-refractivity contribution in [2.45, 2.75) is 13.8 Å². The molecule has 0 spiro atoms. The molecule has 4 aromatic rings. The average Bonchev–Trinajstić information content (AvgIpc) is 2.98. The van der Waals surface area contributed by atoms with Crippen LogP contribution in [0.15, 0.2) is 103 Å². The zero-order chi connectivity index (χ0) is 28.4. The fourth-order valence-electron chi connectivity index (χ4n) is 4.24. The summed E-state index contributed by atoms with van der Waals surface area (Å²) in [5.41, 5.74) is 6.14. The van der Waals surface area contributed by atoms with Crippen LogP contribution in [0, 0.1) is 0 Å². The molecule has 0 heterocycles. The van der Waals surface area contributed by atoms with E-state index in [9.17, 15) is 9.59 Å². The Labute approximate surface area is 233 Å². The van der Waals surface area contributed by atoms with Crippen LogP contribution >= 0.6 is 0 Å². The molecule has 0 bridgehead atoms. The molecule has 0 amide bonds. The van der Waals surface area contributed by atoms with Gasteiger partial charge in [0.1, 0.15) is 0 Å². The third kappa shape index (κ3) is 7.57. The summed E-state index contributed by atoms with van der Waals surface area (Å²) in [6.45, 7) is 6.01. The van der Waals surface area contributed by atoms with Gasteiger partial charge in [0.05, 0.1) is 0 Å². The van der Waals surface area contributed by atoms with Gasteiger partial charge in [0.15, 0.2) is 11.6 Å². The molecule has 202 valence electrons. The lowest BCUT2D eigenvalue weighted by Crippen LogP contribution is -2.24. The maximum Gasteiger partial charge on any atom is 0.195 e. The summed E-state index contributed by atoms with van der Waals surface area (Å²) in [7, 11) is 7.93. The highest BCUT2D eigenvalue weighted by atomic mass is 16.1. The van der Waals surface area contributed by atoms with Crippen LogP contribution in [0.2, 0.25) is 0 Å². The second-order valence-electron chi connectivity index (χ2n) is 9.60. The number of nitrogens with zero attached hydrogens (tertiary/aromatic N) is 3. The maximum absolute atomic E-state index is 12.6. The van der Waals surface area contributed by atoms with Gasteiger partial charge in [-0.15, -0.1) is 0 Å². The first-order chi connectivity index (χ1) is 18.8. The Morgan fingerprint density at radius 3 is 1.36 bits per heavy atom. The molecule has 0 saturated carbocycles. The number of hydrogen-bond donors (Lipinski definition) is 0. The summed E-state index contributed by atoms with van der Waals surface area (Å²) in [4.78, 5) is 31.2. The van der Waals surface area contributed by atoms with Crippen LogP contribution in [0.3, 0.4) is 0 Å². The molecule has 5 heteroatoms. The van der Waals surface area contributed by atoms with Crippen LogP contribution in [-0.4, -0.2) is 52.8 Å². The van der Waals surface area contributed by atoms with Crippen molar-refractivity contribution in [1.82, 2.24) is 0 Å². The minimum Gasteiger partial charge on any atom is -0.378 e. The number of hydrogen-bond acceptors (Lipinski definition) is 5. The van der Waals surface area contributed by atoms with Gasteiger partial charge in [0.2, 0.25) is 0 Å². The van der Waals surface area contributed by atoms with Gasteiger partial charge in [-0.25, -0.2) is 0 Å². The molecule has 0 aliphatic heterocycles. The summed E-state index contributed by atoms with van der Waals surface area (Å²) in [5.74, 6) is 0.142. The van der Waals surface area contributed by atoms with Crippen molar-refractivity contribution >= 4 is 28.6 Å². The first kappa shape index (κ1) is 29.2. The number of benzene rings is 4. The number of para-hydroxylation sites is 1. The molecule has 0 radical (unpaired) electrons. The predicted molar refractivity (Wildman–Crippen MR) is 165 cm³/mol. The number of rotatable bonds is 9. The third-order valence-electron chi connectivity index (χ3n) is 6.58. The minimum absolute atomic E-state index is 0.0561. The highest BCUT2D eigenvalue weighted by Crippen LogP contribution is 2.23. The zero-order valence-corrected chi connectivity index (χ0v) is 23.9. The van der Waals surface area contributed by atoms with E-state index in [2.05, 4.69) is 18.7 Å². The van der Waals surface area contributed by atoms with Crippen molar-refractivity contribution in [1.29, 1.82) is 0 Å². The highest BCUT2D eigenvalue weighted by Gasteiger charge is 2.15. The van der Waals surface area contributed by atoms with Crippen LogP contribution in [-0.2, 0) is 0 Å². The van der Waals surface area contributed by atoms with Gasteiger partial charge in [0, 0.05) is 80.6 Å². The van der Waals surface area contributed by atoms with E-state index in [1.165, 1.54) is 0 Å². The van der Waals surface area contributed by atoms with Crippen molar-refractivity contribution in [3.63, 3.8) is 0 Å². The van der Waals surface area contributed by atoms with Crippen molar-refractivity contribution in [2.24, 2.45) is 0 Å². The SMILES string of the molecule is CCN(CC)c1ccccc1C(=O)c1ccccc1.CN(C)c1ccc(C(=O)c2ccc(N(C)C)cc2)cc1. The third-order valence-corrected chi connectivity index (χ3v) is 6.58. The molecule has 0 aromatic heterocycles. The number of anilines is 3. The lowest BCUT2D eigenvalue weighted by atomic mass is 10.0. The molecular weight excluding hydrogens is 482 g/mol. The van der Waals surface area contributed by atoms with Gasteiger partial charge in [0.25, 0.3) is 0 Å². The molecule has 0 fully saturated rings. The Morgan fingerprint density at radius 2 is 0.923 bits per heavy atom. The summed E-state index contributed by atoms with van der Waals surface area (Å²) in [5, 5.41) is 0. The van der Waals surface area contributed by atoms with Crippen LogP contribution in [0.1, 0.15) is 45.7 Å². The van der Waals surface area contributed by atoms with E-state index in [0.29, 0.717) is 11.1 Å². The smallest absolute Gasteiger partial charge is 0.195 e. The van der Waals surface area contributed by atoms with Gasteiger partial charge >= 0.3 is 0 Å². The van der Waals surface area contributed by atoms with E-state index >= 15 is 0 Å². The number of carbonyl (C=O) groups excluding carboxylic acids is 2. The first-order valence-corrected chi connectivity index (χ1v) is 13.3. The van der Waals surface area contributed by atoms with Gasteiger partial charge in [-0.1, -0.05) is 42.5 Å². The van der Waals surface area contributed by atoms with E-state index in [1.54, 1.807) is 0 Å². The predicted octanol–water partition coefficient (Wildman–Crippen LogP) is 6.81. The number of carbonyl (C=O) groups is 2. The fraction of sp³-hybridized carbons (Fsp3) is 0.235. The Kier molecular flexibility index (Phi) is 10.4. The van der Waals surface area contributed by atoms with E-state index in [-0.39, 0.29) is 11.6 Å². The lowest BCUT2D eigenvalue weighted by molar-refractivity contribution is 0.103.